The van der Waals surface area contributed by atoms with Gasteiger partial charge in [-0.25, -0.2) is 4.79 Å². The lowest BCUT2D eigenvalue weighted by Crippen LogP contribution is -2.20. The topological polar surface area (TPSA) is 74.5 Å². The van der Waals surface area contributed by atoms with Crippen molar-refractivity contribution in [3.8, 4) is 11.1 Å². The number of rotatable bonds is 5. The molecule has 0 spiro atoms. The van der Waals surface area contributed by atoms with Gasteiger partial charge in [-0.1, -0.05) is 30.3 Å². The first-order valence-corrected chi connectivity index (χ1v) is 7.65. The van der Waals surface area contributed by atoms with Crippen LogP contribution in [0.5, 0.6) is 0 Å². The van der Waals surface area contributed by atoms with Crippen LogP contribution in [0.15, 0.2) is 71.5 Å². The zero-order valence-corrected chi connectivity index (χ0v) is 13.0. The third kappa shape index (κ3) is 3.83. The van der Waals surface area contributed by atoms with Crippen molar-refractivity contribution in [1.29, 1.82) is 0 Å². The Kier molecular flexibility index (Phi) is 4.93. The fourth-order valence-corrected chi connectivity index (χ4v) is 2.47. The molecule has 2 amide bonds. The molecule has 0 atom stereocenters. The summed E-state index contributed by atoms with van der Waals surface area (Å²) < 4.78 is 5.08. The summed E-state index contributed by atoms with van der Waals surface area (Å²) in [7, 11) is 0. The van der Waals surface area contributed by atoms with E-state index in [1.165, 1.54) is 0 Å². The van der Waals surface area contributed by atoms with Crippen LogP contribution in [-0.4, -0.2) is 17.7 Å². The molecule has 0 fully saturated rings. The van der Waals surface area contributed by atoms with Crippen molar-refractivity contribution in [1.82, 2.24) is 0 Å². The molecule has 0 aliphatic carbocycles. The fourth-order valence-electron chi connectivity index (χ4n) is 2.47. The van der Waals surface area contributed by atoms with E-state index < -0.39 is 0 Å². The van der Waals surface area contributed by atoms with E-state index in [1.54, 1.807) is 12.5 Å². The number of nitrogens with one attached hydrogen (secondary N) is 2. The van der Waals surface area contributed by atoms with Crippen LogP contribution in [0.3, 0.4) is 0 Å². The van der Waals surface area contributed by atoms with Gasteiger partial charge in [0.25, 0.3) is 0 Å². The molecule has 122 valence electrons. The Morgan fingerprint density at radius 3 is 2.67 bits per heavy atom. The van der Waals surface area contributed by atoms with Crippen molar-refractivity contribution in [2.75, 3.05) is 17.2 Å². The molecule has 24 heavy (non-hydrogen) atoms. The van der Waals surface area contributed by atoms with Crippen LogP contribution in [0.25, 0.3) is 11.1 Å². The van der Waals surface area contributed by atoms with E-state index in [0.29, 0.717) is 17.8 Å². The number of benzene rings is 2. The molecule has 2 aromatic carbocycles. The third-order valence-electron chi connectivity index (χ3n) is 3.62. The Balaban J connectivity index is 1.71. The van der Waals surface area contributed by atoms with E-state index in [4.69, 9.17) is 9.52 Å². The number of aliphatic hydroxyl groups is 1. The highest BCUT2D eigenvalue weighted by atomic mass is 16.3. The molecule has 5 nitrogen and oxygen atoms in total. The molecular weight excluding hydrogens is 304 g/mol. The van der Waals surface area contributed by atoms with Crippen LogP contribution in [0.4, 0.5) is 16.2 Å². The van der Waals surface area contributed by atoms with E-state index in [9.17, 15) is 4.79 Å². The first kappa shape index (κ1) is 15.8. The molecule has 0 aliphatic heterocycles. The van der Waals surface area contributed by atoms with Gasteiger partial charge in [-0.2, -0.15) is 0 Å². The molecule has 0 unspecified atom stereocenters. The molecule has 5 heteroatoms. The zero-order chi connectivity index (χ0) is 16.8. The largest absolute Gasteiger partial charge is 0.472 e. The molecule has 0 radical (unpaired) electrons. The summed E-state index contributed by atoms with van der Waals surface area (Å²) in [5.74, 6) is 0. The zero-order valence-electron chi connectivity index (χ0n) is 13.0. The van der Waals surface area contributed by atoms with Gasteiger partial charge in [0.05, 0.1) is 12.5 Å². The van der Waals surface area contributed by atoms with Crippen LogP contribution in [0.1, 0.15) is 5.56 Å². The van der Waals surface area contributed by atoms with Crippen LogP contribution in [0.2, 0.25) is 0 Å². The number of hydrogen-bond acceptors (Lipinski definition) is 3. The van der Waals surface area contributed by atoms with Crippen LogP contribution in [-0.2, 0) is 6.42 Å². The van der Waals surface area contributed by atoms with Crippen molar-refractivity contribution in [3.05, 3.63) is 72.7 Å². The standard InChI is InChI=1S/C19H18N2O3/c22-10-8-14-4-1-2-7-18(14)21-19(23)20-17-6-3-5-15(12-17)16-9-11-24-13-16/h1-7,9,11-13,22H,8,10H2,(H2,20,21,23). The van der Waals surface area contributed by atoms with Gasteiger partial charge >= 0.3 is 6.03 Å². The molecule has 3 rings (SSSR count). The second-order valence-electron chi connectivity index (χ2n) is 5.30. The van der Waals surface area contributed by atoms with Gasteiger partial charge in [0.1, 0.15) is 0 Å². The van der Waals surface area contributed by atoms with Crippen LogP contribution in [0, 0.1) is 0 Å². The highest BCUT2D eigenvalue weighted by Crippen LogP contribution is 2.23. The number of para-hydroxylation sites is 1. The predicted octanol–water partition coefficient (Wildman–Crippen LogP) is 4.13. The highest BCUT2D eigenvalue weighted by molar-refractivity contribution is 6.00. The molecule has 0 aliphatic rings. The molecule has 0 saturated carbocycles. The van der Waals surface area contributed by atoms with Gasteiger partial charge in [0.2, 0.25) is 0 Å². The summed E-state index contributed by atoms with van der Waals surface area (Å²) in [5, 5.41) is 14.7. The number of furan rings is 1. The van der Waals surface area contributed by atoms with Gasteiger partial charge < -0.3 is 20.2 Å². The number of hydrogen-bond donors (Lipinski definition) is 3. The number of urea groups is 1. The maximum atomic E-state index is 12.2. The van der Waals surface area contributed by atoms with E-state index >= 15 is 0 Å². The second-order valence-corrected chi connectivity index (χ2v) is 5.30. The maximum Gasteiger partial charge on any atom is 0.323 e. The summed E-state index contributed by atoms with van der Waals surface area (Å²) in [6, 6.07) is 16.5. The normalized spacial score (nSPS) is 10.4. The minimum Gasteiger partial charge on any atom is -0.472 e. The Labute approximate surface area is 139 Å². The number of carbonyl (C=O) groups excluding carboxylic acids is 1. The van der Waals surface area contributed by atoms with Crippen molar-refractivity contribution < 1.29 is 14.3 Å². The number of anilines is 2. The third-order valence-corrected chi connectivity index (χ3v) is 3.62. The maximum absolute atomic E-state index is 12.2. The fraction of sp³-hybridized carbons (Fsp3) is 0.105. The minimum absolute atomic E-state index is 0.0348. The number of carbonyl (C=O) groups is 1. The van der Waals surface area contributed by atoms with Gasteiger partial charge in [-0.05, 0) is 41.8 Å². The van der Waals surface area contributed by atoms with Gasteiger partial charge in [-0.3, -0.25) is 0 Å². The lowest BCUT2D eigenvalue weighted by Gasteiger charge is -2.12. The smallest absolute Gasteiger partial charge is 0.323 e. The lowest BCUT2D eigenvalue weighted by atomic mass is 10.1. The van der Waals surface area contributed by atoms with Gasteiger partial charge in [0, 0.05) is 23.5 Å². The Hall–Kier alpha value is -3.05. The number of aliphatic hydroxyl groups excluding tert-OH is 1. The van der Waals surface area contributed by atoms with E-state index in [-0.39, 0.29) is 12.6 Å². The summed E-state index contributed by atoms with van der Waals surface area (Å²) in [4.78, 5) is 12.2. The SMILES string of the molecule is O=C(Nc1cccc(-c2ccoc2)c1)Nc1ccccc1CCO. The average molecular weight is 322 g/mol. The van der Waals surface area contributed by atoms with Crippen molar-refractivity contribution in [2.45, 2.75) is 6.42 Å². The van der Waals surface area contributed by atoms with Crippen molar-refractivity contribution >= 4 is 17.4 Å². The average Bonchev–Trinajstić information content (AvgIpc) is 3.12. The molecule has 1 aromatic heterocycles. The van der Waals surface area contributed by atoms with Crippen LogP contribution < -0.4 is 10.6 Å². The van der Waals surface area contributed by atoms with E-state index in [0.717, 1.165) is 16.7 Å². The van der Waals surface area contributed by atoms with E-state index in [1.807, 2.05) is 54.6 Å². The molecule has 1 heterocycles. The minimum atomic E-state index is -0.329. The molecular formula is C19H18N2O3. The monoisotopic (exact) mass is 322 g/mol. The summed E-state index contributed by atoms with van der Waals surface area (Å²) in [6.07, 6.45) is 3.76. The Morgan fingerprint density at radius 1 is 1.00 bits per heavy atom. The predicted molar refractivity (Wildman–Crippen MR) is 94.0 cm³/mol. The van der Waals surface area contributed by atoms with Crippen molar-refractivity contribution in [3.63, 3.8) is 0 Å². The molecule has 3 aromatic rings. The summed E-state index contributed by atoms with van der Waals surface area (Å²) >= 11 is 0. The van der Waals surface area contributed by atoms with Crippen molar-refractivity contribution in [2.24, 2.45) is 0 Å². The first-order chi connectivity index (χ1) is 11.8. The quantitative estimate of drug-likeness (QED) is 0.661. The number of amides is 2. The molecule has 3 N–H and O–H groups in total. The lowest BCUT2D eigenvalue weighted by molar-refractivity contribution is 0.262. The highest BCUT2D eigenvalue weighted by Gasteiger charge is 2.07. The molecule has 0 bridgehead atoms. The first-order valence-electron chi connectivity index (χ1n) is 7.65. The summed E-state index contributed by atoms with van der Waals surface area (Å²) in [5.41, 5.74) is 4.18. The van der Waals surface area contributed by atoms with Gasteiger partial charge in [-0.15, -0.1) is 0 Å². The van der Waals surface area contributed by atoms with Gasteiger partial charge in [0.15, 0.2) is 0 Å². The molecule has 0 saturated heterocycles. The van der Waals surface area contributed by atoms with E-state index in [2.05, 4.69) is 10.6 Å². The Bertz CT molecular complexity index is 813. The summed E-state index contributed by atoms with van der Waals surface area (Å²) in [6.45, 7) is 0.0348. The van der Waals surface area contributed by atoms with Crippen LogP contribution >= 0.6 is 0 Å². The second kappa shape index (κ2) is 7.48. The Morgan fingerprint density at radius 2 is 1.88 bits per heavy atom.